The summed E-state index contributed by atoms with van der Waals surface area (Å²) in [5, 5.41) is 9.76. The zero-order chi connectivity index (χ0) is 25.1. The maximum Gasteiger partial charge on any atom is 0.160 e. The molecule has 0 spiro atoms. The first-order chi connectivity index (χ1) is 18.8. The summed E-state index contributed by atoms with van der Waals surface area (Å²) >= 11 is 0. The molecule has 0 atom stereocenters. The van der Waals surface area contributed by atoms with Gasteiger partial charge < -0.3 is 0 Å². The van der Waals surface area contributed by atoms with Crippen LogP contribution in [-0.2, 0) is 12.8 Å². The van der Waals surface area contributed by atoms with E-state index in [0.717, 1.165) is 40.6 Å². The summed E-state index contributed by atoms with van der Waals surface area (Å²) < 4.78 is 0. The molecule has 0 radical (unpaired) electrons. The first-order valence-electron chi connectivity index (χ1n) is 13.2. The molecule has 1 aromatic heterocycles. The predicted molar refractivity (Wildman–Crippen MR) is 160 cm³/mol. The van der Waals surface area contributed by atoms with Gasteiger partial charge in [0.15, 0.2) is 5.82 Å². The van der Waals surface area contributed by atoms with Crippen molar-refractivity contribution in [1.29, 1.82) is 0 Å². The van der Waals surface area contributed by atoms with Crippen LogP contribution in [0.2, 0.25) is 0 Å². The van der Waals surface area contributed by atoms with E-state index in [2.05, 4.69) is 103 Å². The Balaban J connectivity index is 1.67. The van der Waals surface area contributed by atoms with Crippen molar-refractivity contribution in [2.75, 3.05) is 0 Å². The van der Waals surface area contributed by atoms with Crippen LogP contribution < -0.4 is 0 Å². The number of hydrogen-bond acceptors (Lipinski definition) is 2. The van der Waals surface area contributed by atoms with Gasteiger partial charge in [-0.2, -0.15) is 0 Å². The van der Waals surface area contributed by atoms with Gasteiger partial charge in [0.1, 0.15) is 0 Å². The lowest BCUT2D eigenvalue weighted by Gasteiger charge is -2.16. The normalized spacial score (nSPS) is 12.5. The largest absolute Gasteiger partial charge is 0.228 e. The van der Waals surface area contributed by atoms with E-state index in [9.17, 15) is 0 Å². The second-order valence-electron chi connectivity index (χ2n) is 10.2. The average Bonchev–Trinajstić information content (AvgIpc) is 3.00. The van der Waals surface area contributed by atoms with Gasteiger partial charge in [-0.15, -0.1) is 0 Å². The second-order valence-corrected chi connectivity index (χ2v) is 10.2. The van der Waals surface area contributed by atoms with Crippen molar-refractivity contribution >= 4 is 54.1 Å². The third-order valence-corrected chi connectivity index (χ3v) is 7.92. The Morgan fingerprint density at radius 3 is 1.89 bits per heavy atom. The molecule has 0 saturated carbocycles. The SMILES string of the molecule is c1ccc(-c2nc3cc(n2)c2cccc4c2c2cc(ccc2CC4)c2cccc(c2)c2cccc3c2)cc1. The minimum atomic E-state index is 0.750. The smallest absolute Gasteiger partial charge is 0.160 e. The number of benzene rings is 5. The zero-order valence-electron chi connectivity index (χ0n) is 20.9. The topological polar surface area (TPSA) is 25.8 Å². The van der Waals surface area contributed by atoms with Gasteiger partial charge in [-0.25, -0.2) is 9.97 Å². The quantitative estimate of drug-likeness (QED) is 0.232. The van der Waals surface area contributed by atoms with Crippen LogP contribution in [0, 0.1) is 0 Å². The summed E-state index contributed by atoms with van der Waals surface area (Å²) in [4.78, 5) is 10.3. The maximum atomic E-state index is 5.17. The van der Waals surface area contributed by atoms with E-state index in [0.29, 0.717) is 0 Å². The molecule has 1 heterocycles. The van der Waals surface area contributed by atoms with Gasteiger partial charge in [-0.05, 0) is 80.6 Å². The molecule has 2 nitrogen and oxygen atoms in total. The maximum absolute atomic E-state index is 5.17. The standard InChI is InChI=1S/C36H24N2/c1-2-7-25(8-3-1)36-37-33-22-34(38-36)31-14-6-9-24-17-15-23-16-18-29(21-32(23)35(24)31)27-11-4-10-26(19-27)28-12-5-13-30(33)20-28/h1-14,16,18-22H,15,17H2. The first-order valence-corrected chi connectivity index (χ1v) is 13.2. The number of nitrogens with zero attached hydrogens (tertiary/aromatic N) is 2. The fraction of sp³-hybridized carbons (Fsp3) is 0.0556. The van der Waals surface area contributed by atoms with Crippen molar-refractivity contribution in [2.24, 2.45) is 0 Å². The van der Waals surface area contributed by atoms with Crippen LogP contribution in [0.5, 0.6) is 0 Å². The van der Waals surface area contributed by atoms with Crippen molar-refractivity contribution in [2.45, 2.75) is 12.8 Å². The number of rotatable bonds is 1. The van der Waals surface area contributed by atoms with E-state index in [1.165, 1.54) is 48.8 Å². The average molecular weight is 485 g/mol. The number of aryl methyl sites for hydroxylation is 2. The zero-order valence-corrected chi connectivity index (χ0v) is 20.9. The third-order valence-electron chi connectivity index (χ3n) is 7.92. The van der Waals surface area contributed by atoms with Crippen molar-refractivity contribution in [3.8, 4) is 11.4 Å². The van der Waals surface area contributed by atoms with Crippen LogP contribution in [-0.4, -0.2) is 9.97 Å². The van der Waals surface area contributed by atoms with Crippen molar-refractivity contribution in [3.05, 3.63) is 132 Å². The van der Waals surface area contributed by atoms with E-state index in [-0.39, 0.29) is 0 Å². The monoisotopic (exact) mass is 484 g/mol. The Bertz CT molecular complexity index is 2130. The van der Waals surface area contributed by atoms with Crippen LogP contribution >= 0.6 is 0 Å². The van der Waals surface area contributed by atoms with Gasteiger partial charge in [0.05, 0.1) is 11.0 Å². The Labute approximate surface area is 220 Å². The molecule has 1 aliphatic rings. The lowest BCUT2D eigenvalue weighted by molar-refractivity contribution is 0.968. The van der Waals surface area contributed by atoms with Crippen molar-refractivity contribution in [3.63, 3.8) is 0 Å². The molecule has 0 unspecified atom stereocenters. The fourth-order valence-corrected chi connectivity index (χ4v) is 6.00. The summed E-state index contributed by atoms with van der Waals surface area (Å²) in [6.07, 6.45) is 2.09. The Hall–Kier alpha value is -4.82. The minimum absolute atomic E-state index is 0.750. The first kappa shape index (κ1) is 21.3. The summed E-state index contributed by atoms with van der Waals surface area (Å²) in [6.45, 7) is 0. The highest BCUT2D eigenvalue weighted by atomic mass is 14.9. The molecule has 6 aromatic carbocycles. The summed E-state index contributed by atoms with van der Waals surface area (Å²) in [7, 11) is 0. The third kappa shape index (κ3) is 3.42. The van der Waals surface area contributed by atoms with Crippen LogP contribution in [0.15, 0.2) is 121 Å². The molecule has 0 fully saturated rings. The van der Waals surface area contributed by atoms with E-state index >= 15 is 0 Å². The molecule has 8 bridgehead atoms. The van der Waals surface area contributed by atoms with Crippen molar-refractivity contribution < 1.29 is 0 Å². The molecule has 0 aliphatic heterocycles. The van der Waals surface area contributed by atoms with Crippen molar-refractivity contribution in [1.82, 2.24) is 9.97 Å². The molecular weight excluding hydrogens is 460 g/mol. The van der Waals surface area contributed by atoms with Crippen LogP contribution in [0.4, 0.5) is 0 Å². The predicted octanol–water partition coefficient (Wildman–Crippen LogP) is 9.13. The molecule has 0 amide bonds. The number of hydrogen-bond donors (Lipinski definition) is 0. The molecule has 178 valence electrons. The molecular formula is C36H24N2. The molecule has 0 saturated heterocycles. The fourth-order valence-electron chi connectivity index (χ4n) is 6.00. The highest BCUT2D eigenvalue weighted by Gasteiger charge is 2.14. The molecule has 0 N–H and O–H groups in total. The van der Waals surface area contributed by atoms with E-state index in [4.69, 9.17) is 9.97 Å². The highest BCUT2D eigenvalue weighted by molar-refractivity contribution is 6.10. The van der Waals surface area contributed by atoms with Crippen LogP contribution in [0.25, 0.3) is 65.5 Å². The van der Waals surface area contributed by atoms with E-state index in [1.54, 1.807) is 0 Å². The molecule has 1 aliphatic carbocycles. The summed E-state index contributed by atoms with van der Waals surface area (Å²) in [6, 6.07) is 43.8. The minimum Gasteiger partial charge on any atom is -0.228 e. The highest BCUT2D eigenvalue weighted by Crippen LogP contribution is 2.35. The van der Waals surface area contributed by atoms with Gasteiger partial charge >= 0.3 is 0 Å². The van der Waals surface area contributed by atoms with E-state index in [1.807, 2.05) is 18.2 Å². The Morgan fingerprint density at radius 2 is 1.08 bits per heavy atom. The van der Waals surface area contributed by atoms with Gasteiger partial charge in [-0.3, -0.25) is 0 Å². The van der Waals surface area contributed by atoms with Crippen LogP contribution in [0.3, 0.4) is 0 Å². The second kappa shape index (κ2) is 8.36. The number of fused-ring (bicyclic) bond motifs is 11. The van der Waals surface area contributed by atoms with Gasteiger partial charge in [-0.1, -0.05) is 97.1 Å². The van der Waals surface area contributed by atoms with Crippen LogP contribution in [0.1, 0.15) is 11.1 Å². The number of aromatic nitrogens is 2. The van der Waals surface area contributed by atoms with E-state index < -0.39 is 0 Å². The van der Waals surface area contributed by atoms with Gasteiger partial charge in [0, 0.05) is 16.3 Å². The lowest BCUT2D eigenvalue weighted by atomic mass is 9.88. The molecule has 2 heteroatoms. The van der Waals surface area contributed by atoms with Gasteiger partial charge in [0.25, 0.3) is 0 Å². The molecule has 38 heavy (non-hydrogen) atoms. The van der Waals surface area contributed by atoms with Gasteiger partial charge in [0.2, 0.25) is 0 Å². The molecule has 8 rings (SSSR count). The Morgan fingerprint density at radius 1 is 0.421 bits per heavy atom. The summed E-state index contributed by atoms with van der Waals surface area (Å²) in [5.74, 6) is 0.750. The Kier molecular flexibility index (Phi) is 4.68. The summed E-state index contributed by atoms with van der Waals surface area (Å²) in [5.41, 5.74) is 5.71. The molecule has 7 aromatic rings. The lowest BCUT2D eigenvalue weighted by Crippen LogP contribution is -2.00.